The zero-order chi connectivity index (χ0) is 13.0. The van der Waals surface area contributed by atoms with Gasteiger partial charge in [-0.05, 0) is 18.2 Å². The molecule has 3 N–H and O–H groups in total. The van der Waals surface area contributed by atoms with Gasteiger partial charge in [-0.3, -0.25) is 0 Å². The van der Waals surface area contributed by atoms with Crippen LogP contribution >= 0.6 is 12.2 Å². The minimum absolute atomic E-state index is 0.333. The standard InChI is InChI=1S/C12H12N4OS/c1-17-11-5-3-9(7-15-11)16-10-4-2-8(6-14-10)12(13)18/h2-7H,1H3,(H2,13,18)(H,14,16). The van der Waals surface area contributed by atoms with Gasteiger partial charge in [-0.25, -0.2) is 9.97 Å². The topological polar surface area (TPSA) is 73.1 Å². The molecule has 6 heteroatoms. The Balaban J connectivity index is 2.10. The Hall–Kier alpha value is -2.21. The van der Waals surface area contributed by atoms with Crippen LogP contribution in [0.5, 0.6) is 5.88 Å². The Labute approximate surface area is 110 Å². The third-order valence-corrected chi connectivity index (χ3v) is 2.50. The molecule has 0 unspecified atom stereocenters. The largest absolute Gasteiger partial charge is 0.481 e. The molecule has 0 bridgehead atoms. The highest BCUT2D eigenvalue weighted by molar-refractivity contribution is 7.80. The Morgan fingerprint density at radius 1 is 1.22 bits per heavy atom. The molecule has 0 aliphatic rings. The molecule has 5 nitrogen and oxygen atoms in total. The number of aromatic nitrogens is 2. The van der Waals surface area contributed by atoms with Crippen molar-refractivity contribution >= 4 is 28.7 Å². The van der Waals surface area contributed by atoms with Crippen LogP contribution in [-0.2, 0) is 0 Å². The van der Waals surface area contributed by atoms with Crippen molar-refractivity contribution in [3.63, 3.8) is 0 Å². The van der Waals surface area contributed by atoms with Crippen molar-refractivity contribution < 1.29 is 4.74 Å². The van der Waals surface area contributed by atoms with Crippen molar-refractivity contribution in [1.82, 2.24) is 9.97 Å². The summed E-state index contributed by atoms with van der Waals surface area (Å²) in [7, 11) is 1.57. The van der Waals surface area contributed by atoms with E-state index >= 15 is 0 Å². The molecule has 0 saturated carbocycles. The average molecular weight is 260 g/mol. The van der Waals surface area contributed by atoms with Crippen LogP contribution in [0.2, 0.25) is 0 Å². The van der Waals surface area contributed by atoms with E-state index in [0.29, 0.717) is 16.7 Å². The number of hydrogen-bond acceptors (Lipinski definition) is 5. The van der Waals surface area contributed by atoms with E-state index in [1.807, 2.05) is 12.1 Å². The lowest BCUT2D eigenvalue weighted by molar-refractivity contribution is 0.398. The van der Waals surface area contributed by atoms with E-state index in [4.69, 9.17) is 22.7 Å². The van der Waals surface area contributed by atoms with Crippen LogP contribution in [0.4, 0.5) is 11.5 Å². The molecule has 2 rings (SSSR count). The van der Waals surface area contributed by atoms with E-state index < -0.39 is 0 Å². The van der Waals surface area contributed by atoms with Gasteiger partial charge >= 0.3 is 0 Å². The zero-order valence-corrected chi connectivity index (χ0v) is 10.6. The summed E-state index contributed by atoms with van der Waals surface area (Å²) in [4.78, 5) is 8.62. The van der Waals surface area contributed by atoms with E-state index in [1.165, 1.54) is 0 Å². The summed E-state index contributed by atoms with van der Waals surface area (Å²) in [5.74, 6) is 1.26. The fourth-order valence-electron chi connectivity index (χ4n) is 1.34. The lowest BCUT2D eigenvalue weighted by Crippen LogP contribution is -2.09. The highest BCUT2D eigenvalue weighted by Crippen LogP contribution is 2.16. The summed E-state index contributed by atoms with van der Waals surface area (Å²) in [6.45, 7) is 0. The number of methoxy groups -OCH3 is 1. The fourth-order valence-corrected chi connectivity index (χ4v) is 1.46. The van der Waals surface area contributed by atoms with Crippen LogP contribution < -0.4 is 15.8 Å². The molecule has 0 fully saturated rings. The number of nitrogens with zero attached hydrogens (tertiary/aromatic N) is 2. The maximum Gasteiger partial charge on any atom is 0.213 e. The van der Waals surface area contributed by atoms with E-state index in [1.54, 1.807) is 31.6 Å². The second-order valence-electron chi connectivity index (χ2n) is 3.51. The summed E-state index contributed by atoms with van der Waals surface area (Å²) >= 11 is 4.86. The van der Waals surface area contributed by atoms with Gasteiger partial charge < -0.3 is 15.8 Å². The Kier molecular flexibility index (Phi) is 3.69. The molecule has 0 amide bonds. The van der Waals surface area contributed by atoms with Crippen LogP contribution in [-0.4, -0.2) is 22.1 Å². The van der Waals surface area contributed by atoms with Crippen LogP contribution in [0.3, 0.4) is 0 Å². The van der Waals surface area contributed by atoms with Crippen molar-refractivity contribution in [2.45, 2.75) is 0 Å². The highest BCUT2D eigenvalue weighted by atomic mass is 32.1. The number of pyridine rings is 2. The van der Waals surface area contributed by atoms with E-state index in [0.717, 1.165) is 11.3 Å². The molecule has 2 aromatic heterocycles. The smallest absolute Gasteiger partial charge is 0.213 e. The number of thiocarbonyl (C=S) groups is 1. The monoisotopic (exact) mass is 260 g/mol. The zero-order valence-electron chi connectivity index (χ0n) is 9.75. The summed E-state index contributed by atoms with van der Waals surface area (Å²) in [6, 6.07) is 7.24. The molecule has 0 aromatic carbocycles. The molecule has 0 aliphatic heterocycles. The van der Waals surface area contributed by atoms with Gasteiger partial charge in [0.05, 0.1) is 19.0 Å². The van der Waals surface area contributed by atoms with Crippen molar-refractivity contribution in [2.75, 3.05) is 12.4 Å². The SMILES string of the molecule is COc1ccc(Nc2ccc(C(N)=S)cn2)cn1. The molecule has 2 aromatic rings. The lowest BCUT2D eigenvalue weighted by Gasteiger charge is -2.06. The maximum absolute atomic E-state index is 5.50. The van der Waals surface area contributed by atoms with Crippen molar-refractivity contribution in [1.29, 1.82) is 0 Å². The average Bonchev–Trinajstić information content (AvgIpc) is 2.40. The van der Waals surface area contributed by atoms with Crippen LogP contribution in [0.15, 0.2) is 36.7 Å². The maximum atomic E-state index is 5.50. The van der Waals surface area contributed by atoms with Gasteiger partial charge in [0.25, 0.3) is 0 Å². The van der Waals surface area contributed by atoms with Crippen molar-refractivity contribution in [3.05, 3.63) is 42.2 Å². The predicted molar refractivity (Wildman–Crippen MR) is 74.2 cm³/mol. The predicted octanol–water partition coefficient (Wildman–Crippen LogP) is 1.86. The van der Waals surface area contributed by atoms with Gasteiger partial charge in [0, 0.05) is 17.8 Å². The second-order valence-corrected chi connectivity index (χ2v) is 3.95. The Morgan fingerprint density at radius 3 is 2.56 bits per heavy atom. The summed E-state index contributed by atoms with van der Waals surface area (Å²) < 4.78 is 4.98. The Bertz CT molecular complexity index is 539. The van der Waals surface area contributed by atoms with Gasteiger partial charge in [0.15, 0.2) is 0 Å². The van der Waals surface area contributed by atoms with Gasteiger partial charge in [-0.2, -0.15) is 0 Å². The molecular formula is C12H12N4OS. The molecule has 92 valence electrons. The van der Waals surface area contributed by atoms with Crippen LogP contribution in [0.1, 0.15) is 5.56 Å². The minimum atomic E-state index is 0.333. The summed E-state index contributed by atoms with van der Waals surface area (Å²) in [5.41, 5.74) is 7.06. The van der Waals surface area contributed by atoms with Gasteiger partial charge in [-0.15, -0.1) is 0 Å². The van der Waals surface area contributed by atoms with E-state index in [-0.39, 0.29) is 0 Å². The second kappa shape index (κ2) is 5.42. The van der Waals surface area contributed by atoms with Crippen molar-refractivity contribution in [2.24, 2.45) is 5.73 Å². The first kappa shape index (κ1) is 12.3. The molecule has 0 atom stereocenters. The van der Waals surface area contributed by atoms with Crippen LogP contribution in [0, 0.1) is 0 Å². The molecule has 0 radical (unpaired) electrons. The lowest BCUT2D eigenvalue weighted by atomic mass is 10.3. The highest BCUT2D eigenvalue weighted by Gasteiger charge is 2.00. The first-order valence-corrected chi connectivity index (χ1v) is 5.63. The number of hydrogen-bond donors (Lipinski definition) is 2. The number of nitrogens with two attached hydrogens (primary N) is 1. The molecular weight excluding hydrogens is 248 g/mol. The normalized spacial score (nSPS) is 9.83. The third-order valence-electron chi connectivity index (χ3n) is 2.27. The quantitative estimate of drug-likeness (QED) is 0.817. The first-order valence-electron chi connectivity index (χ1n) is 5.22. The first-order chi connectivity index (χ1) is 8.69. The van der Waals surface area contributed by atoms with E-state index in [9.17, 15) is 0 Å². The minimum Gasteiger partial charge on any atom is -0.481 e. The molecule has 18 heavy (non-hydrogen) atoms. The number of ether oxygens (including phenoxy) is 1. The fraction of sp³-hybridized carbons (Fsp3) is 0.0833. The van der Waals surface area contributed by atoms with E-state index in [2.05, 4.69) is 15.3 Å². The number of anilines is 2. The van der Waals surface area contributed by atoms with Crippen molar-refractivity contribution in [3.8, 4) is 5.88 Å². The van der Waals surface area contributed by atoms with Crippen LogP contribution in [0.25, 0.3) is 0 Å². The van der Waals surface area contributed by atoms with Gasteiger partial charge in [0.2, 0.25) is 5.88 Å². The number of rotatable bonds is 4. The molecule has 0 aliphatic carbocycles. The summed E-state index contributed by atoms with van der Waals surface area (Å²) in [5, 5.41) is 3.11. The third kappa shape index (κ3) is 2.92. The van der Waals surface area contributed by atoms with Gasteiger partial charge in [-0.1, -0.05) is 12.2 Å². The van der Waals surface area contributed by atoms with Gasteiger partial charge in [0.1, 0.15) is 10.8 Å². The number of nitrogens with one attached hydrogen (secondary N) is 1. The molecule has 2 heterocycles. The molecule has 0 spiro atoms. The summed E-state index contributed by atoms with van der Waals surface area (Å²) in [6.07, 6.45) is 3.30. The molecule has 0 saturated heterocycles. The Morgan fingerprint density at radius 2 is 2.06 bits per heavy atom.